The average Bonchev–Trinajstić information content (AvgIpc) is 3.18. The van der Waals surface area contributed by atoms with Gasteiger partial charge in [-0.05, 0) is 56.8 Å². The first-order valence-corrected chi connectivity index (χ1v) is 8.37. The van der Waals surface area contributed by atoms with E-state index in [4.69, 9.17) is 5.11 Å². The number of rotatable bonds is 6. The number of nitrogens with one attached hydrogen (secondary N) is 1. The Kier molecular flexibility index (Phi) is 4.45. The second kappa shape index (κ2) is 6.11. The molecule has 0 aromatic rings. The Balaban J connectivity index is 1.55. The van der Waals surface area contributed by atoms with E-state index in [-0.39, 0.29) is 0 Å². The van der Waals surface area contributed by atoms with Crippen LogP contribution in [0.25, 0.3) is 0 Å². The molecule has 2 aliphatic carbocycles. The smallest absolute Gasteiger partial charge is 0.0431 e. The van der Waals surface area contributed by atoms with Gasteiger partial charge in [-0.15, -0.1) is 0 Å². The molecule has 3 nitrogen and oxygen atoms in total. The van der Waals surface area contributed by atoms with Crippen LogP contribution in [0.4, 0.5) is 0 Å². The van der Waals surface area contributed by atoms with Gasteiger partial charge in [-0.1, -0.05) is 6.92 Å². The van der Waals surface area contributed by atoms with E-state index in [2.05, 4.69) is 17.1 Å². The van der Waals surface area contributed by atoms with E-state index in [1.807, 2.05) is 0 Å². The van der Waals surface area contributed by atoms with Crippen molar-refractivity contribution < 1.29 is 5.11 Å². The van der Waals surface area contributed by atoms with Crippen molar-refractivity contribution in [3.05, 3.63) is 0 Å². The van der Waals surface area contributed by atoms with Crippen molar-refractivity contribution >= 4 is 0 Å². The van der Waals surface area contributed by atoms with Crippen molar-refractivity contribution in [1.29, 1.82) is 0 Å². The van der Waals surface area contributed by atoms with Crippen LogP contribution in [-0.2, 0) is 0 Å². The molecule has 4 unspecified atom stereocenters. The van der Waals surface area contributed by atoms with Crippen molar-refractivity contribution in [3.63, 3.8) is 0 Å². The molecule has 1 saturated heterocycles. The molecule has 0 aromatic heterocycles. The number of piperidine rings is 1. The van der Waals surface area contributed by atoms with Gasteiger partial charge < -0.3 is 10.4 Å². The van der Waals surface area contributed by atoms with Crippen LogP contribution in [0.3, 0.4) is 0 Å². The predicted octanol–water partition coefficient (Wildman–Crippen LogP) is 2.00. The zero-order chi connectivity index (χ0) is 13.2. The zero-order valence-electron chi connectivity index (χ0n) is 12.4. The monoisotopic (exact) mass is 266 g/mol. The molecule has 19 heavy (non-hydrogen) atoms. The molecule has 110 valence electrons. The highest BCUT2D eigenvalue weighted by molar-refractivity contribution is 4.95. The van der Waals surface area contributed by atoms with E-state index in [1.54, 1.807) is 0 Å². The Morgan fingerprint density at radius 2 is 1.95 bits per heavy atom. The fraction of sp³-hybridized carbons (Fsp3) is 1.00. The van der Waals surface area contributed by atoms with Crippen molar-refractivity contribution in [2.24, 2.45) is 11.8 Å². The van der Waals surface area contributed by atoms with Crippen molar-refractivity contribution in [1.82, 2.24) is 10.2 Å². The van der Waals surface area contributed by atoms with Gasteiger partial charge in [-0.3, -0.25) is 4.90 Å². The third kappa shape index (κ3) is 3.50. The van der Waals surface area contributed by atoms with Crippen LogP contribution in [0.15, 0.2) is 0 Å². The topological polar surface area (TPSA) is 35.5 Å². The van der Waals surface area contributed by atoms with Gasteiger partial charge in [-0.25, -0.2) is 0 Å². The summed E-state index contributed by atoms with van der Waals surface area (Å²) < 4.78 is 0. The van der Waals surface area contributed by atoms with Gasteiger partial charge >= 0.3 is 0 Å². The molecule has 3 aliphatic rings. The lowest BCUT2D eigenvalue weighted by molar-refractivity contribution is 0.0197. The molecule has 2 saturated carbocycles. The Morgan fingerprint density at radius 1 is 1.11 bits per heavy atom. The summed E-state index contributed by atoms with van der Waals surface area (Å²) in [6.07, 6.45) is 9.11. The summed E-state index contributed by atoms with van der Waals surface area (Å²) in [5.74, 6) is 1.70. The number of hydrogen-bond acceptors (Lipinski definition) is 3. The molecule has 3 rings (SSSR count). The van der Waals surface area contributed by atoms with Crippen LogP contribution in [0.2, 0.25) is 0 Å². The summed E-state index contributed by atoms with van der Waals surface area (Å²) >= 11 is 0. The van der Waals surface area contributed by atoms with Crippen LogP contribution in [0, 0.1) is 11.8 Å². The van der Waals surface area contributed by atoms with E-state index < -0.39 is 0 Å². The quantitative estimate of drug-likeness (QED) is 0.772. The highest BCUT2D eigenvalue weighted by Gasteiger charge is 2.38. The molecule has 1 aliphatic heterocycles. The minimum atomic E-state index is 0.358. The van der Waals surface area contributed by atoms with Gasteiger partial charge in [0.15, 0.2) is 0 Å². The van der Waals surface area contributed by atoms with Crippen molar-refractivity contribution in [2.45, 2.75) is 70.0 Å². The largest absolute Gasteiger partial charge is 0.396 e. The lowest BCUT2D eigenvalue weighted by atomic mass is 9.77. The van der Waals surface area contributed by atoms with Gasteiger partial charge in [-0.2, -0.15) is 0 Å². The summed E-state index contributed by atoms with van der Waals surface area (Å²) in [6, 6.07) is 2.38. The molecule has 0 amide bonds. The maximum atomic E-state index is 9.06. The third-order valence-electron chi connectivity index (χ3n) is 5.43. The number of nitrogens with zero attached hydrogens (tertiary/aromatic N) is 1. The number of aliphatic hydroxyl groups is 1. The molecule has 2 N–H and O–H groups in total. The highest BCUT2D eigenvalue weighted by atomic mass is 16.2. The molecule has 3 heteroatoms. The summed E-state index contributed by atoms with van der Waals surface area (Å²) in [7, 11) is 0. The molecular formula is C16H30N2O. The van der Waals surface area contributed by atoms with Crippen molar-refractivity contribution in [2.75, 3.05) is 19.7 Å². The van der Waals surface area contributed by atoms with Crippen LogP contribution >= 0.6 is 0 Å². The molecule has 0 radical (unpaired) electrons. The van der Waals surface area contributed by atoms with Crippen LogP contribution in [0.1, 0.15) is 51.9 Å². The van der Waals surface area contributed by atoms with Crippen LogP contribution < -0.4 is 5.32 Å². The fourth-order valence-corrected chi connectivity index (χ4v) is 4.00. The lowest BCUT2D eigenvalue weighted by Crippen LogP contribution is -2.56. The molecule has 4 atom stereocenters. The number of aliphatic hydroxyl groups excluding tert-OH is 1. The number of likely N-dealkylation sites (tertiary alicyclic amines) is 1. The zero-order valence-corrected chi connectivity index (χ0v) is 12.4. The Hall–Kier alpha value is -0.120. The standard InChI is InChI=1S/C16H30N2O/c1-12-4-7-16(12)18-10-13(3-2-8-19)9-15(11-18)17-14-5-6-14/h12-17,19H,2-11H2,1H3. The minimum Gasteiger partial charge on any atom is -0.396 e. The van der Waals surface area contributed by atoms with Gasteiger partial charge in [0, 0.05) is 37.8 Å². The number of hydrogen-bond donors (Lipinski definition) is 2. The van der Waals surface area contributed by atoms with Crippen LogP contribution in [0.5, 0.6) is 0 Å². The molecule has 0 bridgehead atoms. The second-order valence-electron chi connectivity index (χ2n) is 7.18. The predicted molar refractivity (Wildman–Crippen MR) is 78.1 cm³/mol. The van der Waals surface area contributed by atoms with Gasteiger partial charge in [0.2, 0.25) is 0 Å². The van der Waals surface area contributed by atoms with E-state index in [1.165, 1.54) is 51.6 Å². The van der Waals surface area contributed by atoms with Crippen LogP contribution in [-0.4, -0.2) is 47.8 Å². The Labute approximate surface area is 117 Å². The van der Waals surface area contributed by atoms with Gasteiger partial charge in [0.1, 0.15) is 0 Å². The molecule has 1 heterocycles. The summed E-state index contributed by atoms with van der Waals surface area (Å²) in [5, 5.41) is 12.9. The fourth-order valence-electron chi connectivity index (χ4n) is 4.00. The van der Waals surface area contributed by atoms with E-state index in [0.29, 0.717) is 12.6 Å². The second-order valence-corrected chi connectivity index (χ2v) is 7.18. The molecule has 0 spiro atoms. The van der Waals surface area contributed by atoms with E-state index in [9.17, 15) is 0 Å². The maximum Gasteiger partial charge on any atom is 0.0431 e. The van der Waals surface area contributed by atoms with Crippen molar-refractivity contribution in [3.8, 4) is 0 Å². The maximum absolute atomic E-state index is 9.06. The molecule has 3 fully saturated rings. The first-order chi connectivity index (χ1) is 9.26. The summed E-state index contributed by atoms with van der Waals surface area (Å²) in [6.45, 7) is 5.31. The first-order valence-electron chi connectivity index (χ1n) is 8.37. The van der Waals surface area contributed by atoms with Gasteiger partial charge in [0.05, 0.1) is 0 Å². The third-order valence-corrected chi connectivity index (χ3v) is 5.43. The first kappa shape index (κ1) is 13.8. The molecule has 0 aromatic carbocycles. The van der Waals surface area contributed by atoms with Gasteiger partial charge in [0.25, 0.3) is 0 Å². The summed E-state index contributed by atoms with van der Waals surface area (Å²) in [4.78, 5) is 2.76. The van der Waals surface area contributed by atoms with E-state index in [0.717, 1.165) is 30.3 Å². The highest BCUT2D eigenvalue weighted by Crippen LogP contribution is 2.35. The normalized spacial score (nSPS) is 40.1. The lowest BCUT2D eigenvalue weighted by Gasteiger charge is -2.48. The average molecular weight is 266 g/mol. The SMILES string of the molecule is CC1CCC1N1CC(CCCO)CC(NC2CC2)C1. The minimum absolute atomic E-state index is 0.358. The molecular weight excluding hydrogens is 236 g/mol. The van der Waals surface area contributed by atoms with E-state index >= 15 is 0 Å². The summed E-state index contributed by atoms with van der Waals surface area (Å²) in [5.41, 5.74) is 0. The Bertz CT molecular complexity index is 292. The Morgan fingerprint density at radius 3 is 2.53 bits per heavy atom.